The molecule has 138 valence electrons. The monoisotopic (exact) mass is 391 g/mol. The lowest BCUT2D eigenvalue weighted by Gasteiger charge is -2.17. The summed E-state index contributed by atoms with van der Waals surface area (Å²) in [7, 11) is 0. The molecule has 0 fully saturated rings. The molecular weight excluding hydrogens is 370 g/mol. The first-order chi connectivity index (χ1) is 12.7. The van der Waals surface area contributed by atoms with E-state index in [0.29, 0.717) is 24.0 Å². The van der Waals surface area contributed by atoms with Gasteiger partial charge in [0.2, 0.25) is 5.91 Å². The molecule has 2 aromatic carbocycles. The van der Waals surface area contributed by atoms with Gasteiger partial charge in [0.25, 0.3) is 0 Å². The van der Waals surface area contributed by atoms with Gasteiger partial charge in [0.15, 0.2) is 11.5 Å². The van der Waals surface area contributed by atoms with E-state index in [1.807, 2.05) is 42.5 Å². The summed E-state index contributed by atoms with van der Waals surface area (Å²) in [5.74, 6) is 1.87. The predicted octanol–water partition coefficient (Wildman–Crippen LogP) is 4.86. The van der Waals surface area contributed by atoms with E-state index in [0.717, 1.165) is 34.8 Å². The van der Waals surface area contributed by atoms with Crippen molar-refractivity contribution in [1.82, 2.24) is 5.32 Å². The zero-order chi connectivity index (χ0) is 18.4. The standard InChI is InChI=1S/C20H22ClNO3S/c1-2-17(14-4-6-15(21)7-5-14)22-20(23)13-26-16-8-9-18-19(12-16)25-11-3-10-24-18/h4-9,12,17H,2-3,10-11,13H2,1H3,(H,22,23). The molecular formula is C20H22ClNO3S. The van der Waals surface area contributed by atoms with Crippen LogP contribution in [0.25, 0.3) is 0 Å². The molecule has 0 aromatic heterocycles. The molecule has 0 aliphatic carbocycles. The third kappa shape index (κ3) is 5.08. The zero-order valence-corrected chi connectivity index (χ0v) is 16.2. The lowest BCUT2D eigenvalue weighted by atomic mass is 10.0. The zero-order valence-electron chi connectivity index (χ0n) is 14.7. The van der Waals surface area contributed by atoms with Crippen LogP contribution in [0.3, 0.4) is 0 Å². The number of amides is 1. The highest BCUT2D eigenvalue weighted by Gasteiger charge is 2.14. The Balaban J connectivity index is 1.56. The van der Waals surface area contributed by atoms with Crippen molar-refractivity contribution in [2.75, 3.05) is 19.0 Å². The summed E-state index contributed by atoms with van der Waals surface area (Å²) < 4.78 is 11.3. The lowest BCUT2D eigenvalue weighted by Crippen LogP contribution is -2.29. The number of thioether (sulfide) groups is 1. The van der Waals surface area contributed by atoms with Crippen LogP contribution < -0.4 is 14.8 Å². The van der Waals surface area contributed by atoms with Gasteiger partial charge in [0.05, 0.1) is 25.0 Å². The van der Waals surface area contributed by atoms with E-state index in [4.69, 9.17) is 21.1 Å². The van der Waals surface area contributed by atoms with Crippen LogP contribution in [0.5, 0.6) is 11.5 Å². The van der Waals surface area contributed by atoms with Crippen LogP contribution in [0.15, 0.2) is 47.4 Å². The van der Waals surface area contributed by atoms with Gasteiger partial charge in [-0.2, -0.15) is 0 Å². The van der Waals surface area contributed by atoms with Gasteiger partial charge in [-0.05, 0) is 42.3 Å². The van der Waals surface area contributed by atoms with Crippen LogP contribution in [0.4, 0.5) is 0 Å². The van der Waals surface area contributed by atoms with Crippen LogP contribution in [-0.2, 0) is 4.79 Å². The van der Waals surface area contributed by atoms with Crippen molar-refractivity contribution in [2.45, 2.75) is 30.7 Å². The number of fused-ring (bicyclic) bond motifs is 1. The van der Waals surface area contributed by atoms with Crippen molar-refractivity contribution >= 4 is 29.3 Å². The van der Waals surface area contributed by atoms with Crippen molar-refractivity contribution < 1.29 is 14.3 Å². The summed E-state index contributed by atoms with van der Waals surface area (Å²) in [6.07, 6.45) is 1.70. The molecule has 0 spiro atoms. The minimum atomic E-state index is -0.0101. The first kappa shape index (κ1) is 18.9. The minimum Gasteiger partial charge on any atom is -0.490 e. The topological polar surface area (TPSA) is 47.6 Å². The third-order valence-electron chi connectivity index (χ3n) is 4.10. The van der Waals surface area contributed by atoms with Gasteiger partial charge in [0, 0.05) is 16.3 Å². The first-order valence-corrected chi connectivity index (χ1v) is 10.1. The van der Waals surface area contributed by atoms with E-state index in [2.05, 4.69) is 12.2 Å². The summed E-state index contributed by atoms with van der Waals surface area (Å²) >= 11 is 7.42. The number of ether oxygens (including phenoxy) is 2. The largest absolute Gasteiger partial charge is 0.490 e. The van der Waals surface area contributed by atoms with Crippen LogP contribution >= 0.6 is 23.4 Å². The van der Waals surface area contributed by atoms with Gasteiger partial charge in [-0.25, -0.2) is 0 Å². The Morgan fingerprint density at radius 3 is 2.62 bits per heavy atom. The van der Waals surface area contributed by atoms with Gasteiger partial charge < -0.3 is 14.8 Å². The number of halogens is 1. The van der Waals surface area contributed by atoms with Crippen LogP contribution in [0, 0.1) is 0 Å². The Labute approximate surface area is 163 Å². The van der Waals surface area contributed by atoms with E-state index in [1.54, 1.807) is 0 Å². The second-order valence-corrected chi connectivity index (χ2v) is 7.51. The average molecular weight is 392 g/mol. The maximum atomic E-state index is 12.4. The predicted molar refractivity (Wildman–Crippen MR) is 105 cm³/mol. The van der Waals surface area contributed by atoms with Crippen molar-refractivity contribution in [3.8, 4) is 11.5 Å². The van der Waals surface area contributed by atoms with E-state index in [-0.39, 0.29) is 11.9 Å². The molecule has 1 amide bonds. The molecule has 1 aliphatic heterocycles. The van der Waals surface area contributed by atoms with Crippen molar-refractivity contribution in [2.24, 2.45) is 0 Å². The van der Waals surface area contributed by atoms with Crippen molar-refractivity contribution in [3.05, 3.63) is 53.1 Å². The van der Waals surface area contributed by atoms with Gasteiger partial charge in [-0.15, -0.1) is 11.8 Å². The Morgan fingerprint density at radius 2 is 1.88 bits per heavy atom. The van der Waals surface area contributed by atoms with Crippen LogP contribution in [0.1, 0.15) is 31.4 Å². The normalized spacial score (nSPS) is 14.4. The Morgan fingerprint density at radius 1 is 1.15 bits per heavy atom. The summed E-state index contributed by atoms with van der Waals surface area (Å²) in [5.41, 5.74) is 1.06. The Bertz CT molecular complexity index is 751. The molecule has 3 rings (SSSR count). The molecule has 1 N–H and O–H groups in total. The van der Waals surface area contributed by atoms with Crippen molar-refractivity contribution in [1.29, 1.82) is 0 Å². The summed E-state index contributed by atoms with van der Waals surface area (Å²) in [6.45, 7) is 3.38. The number of benzene rings is 2. The summed E-state index contributed by atoms with van der Waals surface area (Å²) in [5, 5.41) is 3.78. The maximum Gasteiger partial charge on any atom is 0.230 e. The van der Waals surface area contributed by atoms with E-state index >= 15 is 0 Å². The van der Waals surface area contributed by atoms with Gasteiger partial charge >= 0.3 is 0 Å². The second kappa shape index (κ2) is 9.19. The van der Waals surface area contributed by atoms with Gasteiger partial charge in [-0.1, -0.05) is 30.7 Å². The molecule has 2 aromatic rings. The number of nitrogens with one attached hydrogen (secondary N) is 1. The molecule has 4 nitrogen and oxygen atoms in total. The first-order valence-electron chi connectivity index (χ1n) is 8.73. The summed E-state index contributed by atoms with van der Waals surface area (Å²) in [4.78, 5) is 13.3. The minimum absolute atomic E-state index is 0.00362. The number of rotatable bonds is 6. The van der Waals surface area contributed by atoms with Gasteiger partial charge in [-0.3, -0.25) is 4.79 Å². The molecule has 0 saturated heterocycles. The molecule has 1 aliphatic rings. The number of carbonyl (C=O) groups is 1. The molecule has 0 radical (unpaired) electrons. The SMILES string of the molecule is CCC(NC(=O)CSc1ccc2c(c1)OCCCO2)c1ccc(Cl)cc1. The fraction of sp³-hybridized carbons (Fsp3) is 0.350. The van der Waals surface area contributed by atoms with E-state index in [1.165, 1.54) is 11.8 Å². The lowest BCUT2D eigenvalue weighted by molar-refractivity contribution is -0.119. The fourth-order valence-corrected chi connectivity index (χ4v) is 3.60. The molecule has 26 heavy (non-hydrogen) atoms. The summed E-state index contributed by atoms with van der Waals surface area (Å²) in [6, 6.07) is 13.4. The number of hydrogen-bond donors (Lipinski definition) is 1. The second-order valence-electron chi connectivity index (χ2n) is 6.03. The molecule has 1 heterocycles. The fourth-order valence-electron chi connectivity index (χ4n) is 2.73. The Hall–Kier alpha value is -1.85. The van der Waals surface area contributed by atoms with E-state index < -0.39 is 0 Å². The highest BCUT2D eigenvalue weighted by Crippen LogP contribution is 2.33. The molecule has 1 atom stereocenters. The average Bonchev–Trinajstić information content (AvgIpc) is 2.90. The number of carbonyl (C=O) groups excluding carboxylic acids is 1. The van der Waals surface area contributed by atoms with Crippen molar-refractivity contribution in [3.63, 3.8) is 0 Å². The van der Waals surface area contributed by atoms with Crippen LogP contribution in [-0.4, -0.2) is 24.9 Å². The molecule has 6 heteroatoms. The number of hydrogen-bond acceptors (Lipinski definition) is 4. The molecule has 0 bridgehead atoms. The quantitative estimate of drug-likeness (QED) is 0.714. The van der Waals surface area contributed by atoms with Gasteiger partial charge in [0.1, 0.15) is 0 Å². The third-order valence-corrected chi connectivity index (χ3v) is 5.35. The van der Waals surface area contributed by atoms with Crippen LogP contribution in [0.2, 0.25) is 5.02 Å². The highest BCUT2D eigenvalue weighted by molar-refractivity contribution is 8.00. The Kier molecular flexibility index (Phi) is 6.69. The van der Waals surface area contributed by atoms with E-state index in [9.17, 15) is 4.79 Å². The smallest absolute Gasteiger partial charge is 0.230 e. The highest BCUT2D eigenvalue weighted by atomic mass is 35.5. The maximum absolute atomic E-state index is 12.4. The molecule has 0 saturated carbocycles. The molecule has 1 unspecified atom stereocenters.